The smallest absolute Gasteiger partial charge is 0.251 e. The predicted octanol–water partition coefficient (Wildman–Crippen LogP) is 2.07. The molecule has 0 radical (unpaired) electrons. The lowest BCUT2D eigenvalue weighted by Crippen LogP contribution is -2.29. The molecule has 1 aromatic carbocycles. The average Bonchev–Trinajstić information content (AvgIpc) is 3.13. The van der Waals surface area contributed by atoms with Crippen molar-refractivity contribution in [2.45, 2.75) is 32.9 Å². The fourth-order valence-corrected chi connectivity index (χ4v) is 2.62. The number of hydrogen-bond donors (Lipinski definition) is 2. The molecule has 3 heteroatoms. The number of amides is 1. The number of carbonyl (C=O) groups excluding carboxylic acids is 1. The largest absolute Gasteiger partial charge is 0.352 e. The lowest BCUT2D eigenvalue weighted by Gasteiger charge is -2.11. The topological polar surface area (TPSA) is 41.1 Å². The van der Waals surface area contributed by atoms with Crippen LogP contribution in [0.25, 0.3) is 0 Å². The molecule has 3 rings (SSSR count). The molecule has 0 spiro atoms. The molecule has 18 heavy (non-hydrogen) atoms. The summed E-state index contributed by atoms with van der Waals surface area (Å²) in [6, 6.07) is 6.02. The number of carbonyl (C=O) groups is 1. The van der Waals surface area contributed by atoms with E-state index in [0.717, 1.165) is 31.1 Å². The van der Waals surface area contributed by atoms with Gasteiger partial charge in [0, 0.05) is 25.2 Å². The summed E-state index contributed by atoms with van der Waals surface area (Å²) >= 11 is 0. The third kappa shape index (κ3) is 2.41. The van der Waals surface area contributed by atoms with Crippen molar-refractivity contribution in [3.63, 3.8) is 0 Å². The molecule has 96 valence electrons. The van der Waals surface area contributed by atoms with E-state index in [9.17, 15) is 4.79 Å². The maximum absolute atomic E-state index is 12.1. The molecule has 2 aliphatic rings. The summed E-state index contributed by atoms with van der Waals surface area (Å²) in [6.45, 7) is 4.84. The van der Waals surface area contributed by atoms with Gasteiger partial charge in [-0.05, 0) is 47.9 Å². The summed E-state index contributed by atoms with van der Waals surface area (Å²) in [5.74, 6) is 1.52. The second-order valence-electron chi connectivity index (χ2n) is 5.61. The first-order valence-corrected chi connectivity index (χ1v) is 6.85. The van der Waals surface area contributed by atoms with Crippen molar-refractivity contribution < 1.29 is 4.79 Å². The minimum atomic E-state index is 0.0669. The summed E-state index contributed by atoms with van der Waals surface area (Å²) in [5, 5.41) is 6.35. The monoisotopic (exact) mass is 244 g/mol. The Bertz CT molecular complexity index is 466. The number of rotatable bonds is 4. The van der Waals surface area contributed by atoms with E-state index in [1.54, 1.807) is 0 Å². The van der Waals surface area contributed by atoms with Gasteiger partial charge in [0.2, 0.25) is 0 Å². The van der Waals surface area contributed by atoms with Gasteiger partial charge in [-0.15, -0.1) is 0 Å². The number of nitrogens with one attached hydrogen (secondary N) is 2. The van der Waals surface area contributed by atoms with Crippen LogP contribution >= 0.6 is 0 Å². The van der Waals surface area contributed by atoms with Crippen LogP contribution < -0.4 is 10.6 Å². The third-order valence-corrected chi connectivity index (χ3v) is 4.11. The lowest BCUT2D eigenvalue weighted by molar-refractivity contribution is 0.0946. The first-order chi connectivity index (χ1) is 8.74. The summed E-state index contributed by atoms with van der Waals surface area (Å²) < 4.78 is 0. The standard InChI is InChI=1S/C15H20N2O/c1-10(11-2-3-11)7-17-15(18)12-4-5-13-8-16-9-14(13)6-12/h4-6,10-11,16H,2-3,7-9H2,1H3,(H,17,18). The molecule has 0 bridgehead atoms. The highest BCUT2D eigenvalue weighted by atomic mass is 16.1. The Labute approximate surface area is 108 Å². The van der Waals surface area contributed by atoms with Crippen molar-refractivity contribution >= 4 is 5.91 Å². The summed E-state index contributed by atoms with van der Waals surface area (Å²) in [5.41, 5.74) is 3.37. The molecule has 1 amide bonds. The van der Waals surface area contributed by atoms with E-state index in [0.29, 0.717) is 5.92 Å². The zero-order valence-electron chi connectivity index (χ0n) is 10.8. The van der Waals surface area contributed by atoms with Crippen LogP contribution in [0.4, 0.5) is 0 Å². The van der Waals surface area contributed by atoms with Crippen LogP contribution in [0, 0.1) is 11.8 Å². The van der Waals surface area contributed by atoms with Crippen molar-refractivity contribution in [3.8, 4) is 0 Å². The van der Waals surface area contributed by atoms with Gasteiger partial charge in [-0.2, -0.15) is 0 Å². The fraction of sp³-hybridized carbons (Fsp3) is 0.533. The number of fused-ring (bicyclic) bond motifs is 1. The van der Waals surface area contributed by atoms with Crippen LogP contribution in [0.2, 0.25) is 0 Å². The molecule has 1 atom stereocenters. The van der Waals surface area contributed by atoms with Crippen LogP contribution in [-0.4, -0.2) is 12.5 Å². The van der Waals surface area contributed by atoms with Gasteiger partial charge >= 0.3 is 0 Å². The molecule has 1 saturated carbocycles. The minimum Gasteiger partial charge on any atom is -0.352 e. The fourth-order valence-electron chi connectivity index (χ4n) is 2.62. The third-order valence-electron chi connectivity index (χ3n) is 4.11. The molecule has 1 heterocycles. The molecular weight excluding hydrogens is 224 g/mol. The molecule has 1 fully saturated rings. The van der Waals surface area contributed by atoms with Crippen molar-refractivity contribution in [1.82, 2.24) is 10.6 Å². The highest BCUT2D eigenvalue weighted by Gasteiger charge is 2.27. The van der Waals surface area contributed by atoms with Gasteiger partial charge in [-0.3, -0.25) is 4.79 Å². The SMILES string of the molecule is CC(CNC(=O)c1ccc2c(c1)CNC2)C1CC1. The van der Waals surface area contributed by atoms with Crippen LogP contribution in [0.3, 0.4) is 0 Å². The molecule has 1 aliphatic heterocycles. The van der Waals surface area contributed by atoms with Crippen molar-refractivity contribution in [2.24, 2.45) is 11.8 Å². The quantitative estimate of drug-likeness (QED) is 0.851. The van der Waals surface area contributed by atoms with Gasteiger partial charge < -0.3 is 10.6 Å². The molecule has 1 unspecified atom stereocenters. The predicted molar refractivity (Wildman–Crippen MR) is 71.2 cm³/mol. The Balaban J connectivity index is 1.61. The van der Waals surface area contributed by atoms with Crippen LogP contribution in [0.5, 0.6) is 0 Å². The van der Waals surface area contributed by atoms with Crippen molar-refractivity contribution in [1.29, 1.82) is 0 Å². The van der Waals surface area contributed by atoms with E-state index < -0.39 is 0 Å². The van der Waals surface area contributed by atoms with Gasteiger partial charge in [0.1, 0.15) is 0 Å². The molecule has 1 aromatic rings. The summed E-state index contributed by atoms with van der Waals surface area (Å²) in [4.78, 5) is 12.1. The Morgan fingerprint density at radius 1 is 1.39 bits per heavy atom. The maximum atomic E-state index is 12.1. The highest BCUT2D eigenvalue weighted by molar-refractivity contribution is 5.94. The van der Waals surface area contributed by atoms with Gasteiger partial charge in [-0.25, -0.2) is 0 Å². The lowest BCUT2D eigenvalue weighted by atomic mass is 10.0. The molecule has 0 saturated heterocycles. The van der Waals surface area contributed by atoms with E-state index in [1.807, 2.05) is 12.1 Å². The second kappa shape index (κ2) is 4.73. The summed E-state index contributed by atoms with van der Waals surface area (Å²) in [7, 11) is 0. The van der Waals surface area contributed by atoms with Crippen molar-refractivity contribution in [3.05, 3.63) is 34.9 Å². The van der Waals surface area contributed by atoms with E-state index >= 15 is 0 Å². The van der Waals surface area contributed by atoms with Crippen LogP contribution in [0.15, 0.2) is 18.2 Å². The van der Waals surface area contributed by atoms with E-state index in [1.165, 1.54) is 24.0 Å². The number of hydrogen-bond acceptors (Lipinski definition) is 2. The molecular formula is C15H20N2O. The van der Waals surface area contributed by atoms with Gasteiger partial charge in [0.25, 0.3) is 5.91 Å². The van der Waals surface area contributed by atoms with Gasteiger partial charge in [0.15, 0.2) is 0 Å². The Morgan fingerprint density at radius 2 is 2.17 bits per heavy atom. The molecule has 0 aromatic heterocycles. The minimum absolute atomic E-state index is 0.0669. The second-order valence-corrected chi connectivity index (χ2v) is 5.61. The molecule has 2 N–H and O–H groups in total. The maximum Gasteiger partial charge on any atom is 0.251 e. The van der Waals surface area contributed by atoms with Gasteiger partial charge in [-0.1, -0.05) is 13.0 Å². The first kappa shape index (κ1) is 11.7. The molecule has 3 nitrogen and oxygen atoms in total. The van der Waals surface area contributed by atoms with E-state index in [2.05, 4.69) is 23.6 Å². The zero-order valence-corrected chi connectivity index (χ0v) is 10.8. The first-order valence-electron chi connectivity index (χ1n) is 6.85. The summed E-state index contributed by atoms with van der Waals surface area (Å²) in [6.07, 6.45) is 2.67. The highest BCUT2D eigenvalue weighted by Crippen LogP contribution is 2.36. The average molecular weight is 244 g/mol. The van der Waals surface area contributed by atoms with Crippen LogP contribution in [0.1, 0.15) is 41.3 Å². The van der Waals surface area contributed by atoms with Gasteiger partial charge in [0.05, 0.1) is 0 Å². The normalized spacial score (nSPS) is 19.4. The van der Waals surface area contributed by atoms with Crippen molar-refractivity contribution in [2.75, 3.05) is 6.54 Å². The number of benzene rings is 1. The Kier molecular flexibility index (Phi) is 3.08. The van der Waals surface area contributed by atoms with Crippen LogP contribution in [-0.2, 0) is 13.1 Å². The Hall–Kier alpha value is -1.35. The molecule has 1 aliphatic carbocycles. The van der Waals surface area contributed by atoms with E-state index in [-0.39, 0.29) is 5.91 Å². The Morgan fingerprint density at radius 3 is 2.94 bits per heavy atom. The zero-order chi connectivity index (χ0) is 12.5. The van der Waals surface area contributed by atoms with E-state index in [4.69, 9.17) is 0 Å².